The van der Waals surface area contributed by atoms with Crippen LogP contribution in [-0.2, 0) is 4.79 Å². The summed E-state index contributed by atoms with van der Waals surface area (Å²) in [6.07, 6.45) is 2.62. The molecule has 1 aromatic rings. The van der Waals surface area contributed by atoms with Gasteiger partial charge in [-0.25, -0.2) is 4.39 Å². The second-order valence-corrected chi connectivity index (χ2v) is 4.86. The van der Waals surface area contributed by atoms with Crippen molar-refractivity contribution in [2.24, 2.45) is 11.7 Å². The lowest BCUT2D eigenvalue weighted by Gasteiger charge is -2.11. The summed E-state index contributed by atoms with van der Waals surface area (Å²) in [5, 5.41) is 2.80. The zero-order valence-corrected chi connectivity index (χ0v) is 10.8. The molecule has 104 valence electrons. The Balaban J connectivity index is 1.59. The average Bonchev–Trinajstić information content (AvgIpc) is 3.23. The van der Waals surface area contributed by atoms with E-state index in [1.165, 1.54) is 37.1 Å². The fourth-order valence-electron chi connectivity index (χ4n) is 1.80. The lowest BCUT2D eigenvalue weighted by molar-refractivity contribution is -0.121. The highest BCUT2D eigenvalue weighted by molar-refractivity contribution is 5.76. The van der Waals surface area contributed by atoms with Gasteiger partial charge in [0.25, 0.3) is 0 Å². The van der Waals surface area contributed by atoms with Gasteiger partial charge in [0.05, 0.1) is 13.0 Å². The van der Waals surface area contributed by atoms with Gasteiger partial charge in [-0.05, 0) is 43.0 Å². The molecule has 1 fully saturated rings. The highest BCUT2D eigenvalue weighted by Gasteiger charge is 2.28. The summed E-state index contributed by atoms with van der Waals surface area (Å²) in [7, 11) is 0. The highest BCUT2D eigenvalue weighted by Crippen LogP contribution is 2.31. The van der Waals surface area contributed by atoms with E-state index in [4.69, 9.17) is 10.5 Å². The maximum absolute atomic E-state index is 12.7. The predicted molar refractivity (Wildman–Crippen MR) is 70.2 cm³/mol. The first-order valence-corrected chi connectivity index (χ1v) is 6.56. The number of benzene rings is 1. The van der Waals surface area contributed by atoms with Gasteiger partial charge in [0.15, 0.2) is 0 Å². The normalized spacial score (nSPS) is 15.9. The molecule has 0 aromatic heterocycles. The average molecular weight is 266 g/mol. The van der Waals surface area contributed by atoms with Crippen molar-refractivity contribution in [2.75, 3.05) is 13.2 Å². The number of carbonyl (C=O) groups is 1. The molecule has 19 heavy (non-hydrogen) atoms. The van der Waals surface area contributed by atoms with Crippen LogP contribution in [0.4, 0.5) is 4.39 Å². The van der Waals surface area contributed by atoms with Crippen LogP contribution in [0.25, 0.3) is 0 Å². The van der Waals surface area contributed by atoms with Crippen LogP contribution in [0, 0.1) is 11.7 Å². The topological polar surface area (TPSA) is 64.3 Å². The summed E-state index contributed by atoms with van der Waals surface area (Å²) in [5.41, 5.74) is 5.88. The fraction of sp³-hybridized carbons (Fsp3) is 0.500. The number of nitrogens with two attached hydrogens (primary N) is 1. The van der Waals surface area contributed by atoms with Crippen molar-refractivity contribution < 1.29 is 13.9 Å². The van der Waals surface area contributed by atoms with Gasteiger partial charge in [-0.15, -0.1) is 0 Å². The highest BCUT2D eigenvalue weighted by atomic mass is 19.1. The third kappa shape index (κ3) is 4.87. The molecule has 0 spiro atoms. The number of carbonyl (C=O) groups excluding carboxylic acids is 1. The number of hydrogen-bond acceptors (Lipinski definition) is 3. The van der Waals surface area contributed by atoms with E-state index in [-0.39, 0.29) is 30.8 Å². The van der Waals surface area contributed by atoms with Gasteiger partial charge >= 0.3 is 0 Å². The van der Waals surface area contributed by atoms with Crippen molar-refractivity contribution >= 4 is 5.91 Å². The Morgan fingerprint density at radius 1 is 1.42 bits per heavy atom. The van der Waals surface area contributed by atoms with Crippen molar-refractivity contribution in [1.29, 1.82) is 0 Å². The minimum atomic E-state index is -0.306. The van der Waals surface area contributed by atoms with Gasteiger partial charge in [-0.1, -0.05) is 0 Å². The smallest absolute Gasteiger partial charge is 0.223 e. The van der Waals surface area contributed by atoms with Crippen LogP contribution in [0.1, 0.15) is 19.3 Å². The number of halogens is 1. The Bertz CT molecular complexity index is 418. The van der Waals surface area contributed by atoms with Crippen LogP contribution in [0.3, 0.4) is 0 Å². The molecule has 0 heterocycles. The number of amides is 1. The Morgan fingerprint density at radius 2 is 2.11 bits per heavy atom. The SMILES string of the molecule is NC(CNC(=O)CCOc1ccc(F)cc1)C1CC1. The van der Waals surface area contributed by atoms with Crippen LogP contribution < -0.4 is 15.8 Å². The van der Waals surface area contributed by atoms with Gasteiger partial charge < -0.3 is 15.8 Å². The molecule has 1 atom stereocenters. The summed E-state index contributed by atoms with van der Waals surface area (Å²) < 4.78 is 18.0. The second-order valence-electron chi connectivity index (χ2n) is 4.86. The molecule has 4 nitrogen and oxygen atoms in total. The first kappa shape index (κ1) is 13.8. The maximum atomic E-state index is 12.7. The van der Waals surface area contributed by atoms with E-state index in [0.717, 1.165) is 0 Å². The predicted octanol–water partition coefficient (Wildman–Crippen LogP) is 1.45. The molecule has 5 heteroatoms. The summed E-state index contributed by atoms with van der Waals surface area (Å²) in [5.74, 6) is 0.761. The van der Waals surface area contributed by atoms with E-state index < -0.39 is 0 Å². The monoisotopic (exact) mass is 266 g/mol. The quantitative estimate of drug-likeness (QED) is 0.785. The number of nitrogens with one attached hydrogen (secondary N) is 1. The van der Waals surface area contributed by atoms with Crippen molar-refractivity contribution in [3.8, 4) is 5.75 Å². The Labute approximate surface area is 112 Å². The van der Waals surface area contributed by atoms with Crippen molar-refractivity contribution in [2.45, 2.75) is 25.3 Å². The second kappa shape index (κ2) is 6.52. The first-order chi connectivity index (χ1) is 9.15. The molecule has 1 amide bonds. The van der Waals surface area contributed by atoms with Crippen LogP contribution in [0.15, 0.2) is 24.3 Å². The molecular formula is C14H19FN2O2. The molecule has 3 N–H and O–H groups in total. The molecule has 0 radical (unpaired) electrons. The van der Waals surface area contributed by atoms with Gasteiger partial charge in [0, 0.05) is 12.6 Å². The van der Waals surface area contributed by atoms with Crippen molar-refractivity contribution in [3.05, 3.63) is 30.1 Å². The van der Waals surface area contributed by atoms with Gasteiger partial charge in [0.1, 0.15) is 11.6 Å². The molecule has 1 aromatic carbocycles. The molecule has 0 saturated heterocycles. The third-order valence-corrected chi connectivity index (χ3v) is 3.17. The minimum Gasteiger partial charge on any atom is -0.493 e. The van der Waals surface area contributed by atoms with E-state index in [2.05, 4.69) is 5.32 Å². The molecule has 0 aliphatic heterocycles. The summed E-state index contributed by atoms with van der Waals surface area (Å²) in [6.45, 7) is 0.802. The lowest BCUT2D eigenvalue weighted by Crippen LogP contribution is -2.38. The van der Waals surface area contributed by atoms with E-state index in [1.54, 1.807) is 0 Å². The molecule has 1 saturated carbocycles. The number of rotatable bonds is 7. The van der Waals surface area contributed by atoms with E-state index in [9.17, 15) is 9.18 Å². The van der Waals surface area contributed by atoms with Crippen molar-refractivity contribution in [1.82, 2.24) is 5.32 Å². The summed E-state index contributed by atoms with van der Waals surface area (Å²) >= 11 is 0. The minimum absolute atomic E-state index is 0.0711. The zero-order valence-electron chi connectivity index (χ0n) is 10.8. The molecular weight excluding hydrogens is 247 g/mol. The molecule has 1 aliphatic carbocycles. The van der Waals surface area contributed by atoms with Gasteiger partial charge in [-0.2, -0.15) is 0 Å². The maximum Gasteiger partial charge on any atom is 0.223 e. The molecule has 1 aliphatic rings. The van der Waals surface area contributed by atoms with Crippen LogP contribution in [-0.4, -0.2) is 25.1 Å². The Kier molecular flexibility index (Phi) is 4.74. The van der Waals surface area contributed by atoms with E-state index in [0.29, 0.717) is 18.2 Å². The van der Waals surface area contributed by atoms with Crippen molar-refractivity contribution in [3.63, 3.8) is 0 Å². The zero-order chi connectivity index (χ0) is 13.7. The Morgan fingerprint density at radius 3 is 2.74 bits per heavy atom. The summed E-state index contributed by atoms with van der Waals surface area (Å²) in [4.78, 5) is 11.5. The first-order valence-electron chi connectivity index (χ1n) is 6.56. The van der Waals surface area contributed by atoms with Crippen LogP contribution in [0.2, 0.25) is 0 Å². The standard InChI is InChI=1S/C14H19FN2O2/c15-11-3-5-12(6-4-11)19-8-7-14(18)17-9-13(16)10-1-2-10/h3-6,10,13H,1-2,7-9,16H2,(H,17,18). The molecule has 2 rings (SSSR count). The van der Waals surface area contributed by atoms with Gasteiger partial charge in [0.2, 0.25) is 5.91 Å². The fourth-order valence-corrected chi connectivity index (χ4v) is 1.80. The summed E-state index contributed by atoms with van der Waals surface area (Å²) in [6, 6.07) is 5.79. The number of ether oxygens (including phenoxy) is 1. The lowest BCUT2D eigenvalue weighted by atomic mass is 10.2. The third-order valence-electron chi connectivity index (χ3n) is 3.17. The van der Waals surface area contributed by atoms with Crippen LogP contribution >= 0.6 is 0 Å². The number of hydrogen-bond donors (Lipinski definition) is 2. The Hall–Kier alpha value is -1.62. The largest absolute Gasteiger partial charge is 0.493 e. The van der Waals surface area contributed by atoms with E-state index in [1.807, 2.05) is 0 Å². The molecule has 1 unspecified atom stereocenters. The van der Waals surface area contributed by atoms with Gasteiger partial charge in [-0.3, -0.25) is 4.79 Å². The van der Waals surface area contributed by atoms with E-state index >= 15 is 0 Å². The molecule has 0 bridgehead atoms. The van der Waals surface area contributed by atoms with Crippen LogP contribution in [0.5, 0.6) is 5.75 Å².